The fourth-order valence-electron chi connectivity index (χ4n) is 2.18. The van der Waals surface area contributed by atoms with Gasteiger partial charge in [-0.2, -0.15) is 12.6 Å². The number of hydrogen-bond acceptors (Lipinski definition) is 3. The van der Waals surface area contributed by atoms with Crippen LogP contribution in [0.1, 0.15) is 24.5 Å². The summed E-state index contributed by atoms with van der Waals surface area (Å²) in [6.07, 6.45) is 0.754. The highest BCUT2D eigenvalue weighted by Crippen LogP contribution is 2.37. The van der Waals surface area contributed by atoms with Crippen molar-refractivity contribution in [3.8, 4) is 0 Å². The first-order valence-corrected chi connectivity index (χ1v) is 6.95. The minimum absolute atomic E-state index is 0.286. The van der Waals surface area contributed by atoms with Crippen LogP contribution < -0.4 is 11.5 Å². The van der Waals surface area contributed by atoms with Crippen LogP contribution in [-0.2, 0) is 4.75 Å². The molecule has 2 aromatic carbocycles. The van der Waals surface area contributed by atoms with Crippen molar-refractivity contribution in [3.05, 3.63) is 66.2 Å². The van der Waals surface area contributed by atoms with Crippen molar-refractivity contribution in [2.45, 2.75) is 18.1 Å². The summed E-state index contributed by atoms with van der Waals surface area (Å²) >= 11 is 4.79. The van der Waals surface area contributed by atoms with Crippen molar-refractivity contribution >= 4 is 29.6 Å². The fraction of sp³-hybridized carbons (Fsp3) is 0.176. The first-order chi connectivity index (χ1) is 9.38. The normalized spacial score (nSPS) is 13.7. The van der Waals surface area contributed by atoms with Crippen LogP contribution in [0.15, 0.2) is 55.1 Å². The van der Waals surface area contributed by atoms with Crippen LogP contribution in [0.4, 0.5) is 11.4 Å². The number of benzene rings is 2. The van der Waals surface area contributed by atoms with Gasteiger partial charge in [0.05, 0.1) is 0 Å². The second kappa shape index (κ2) is 5.63. The summed E-state index contributed by atoms with van der Waals surface area (Å²) in [6, 6.07) is 15.6. The first kappa shape index (κ1) is 14.5. The molecule has 0 heterocycles. The molecule has 4 N–H and O–H groups in total. The molecule has 3 heteroatoms. The highest BCUT2D eigenvalue weighted by molar-refractivity contribution is 7.81. The topological polar surface area (TPSA) is 52.0 Å². The Balaban J connectivity index is 2.17. The van der Waals surface area contributed by atoms with Gasteiger partial charge < -0.3 is 11.5 Å². The zero-order chi connectivity index (χ0) is 14.8. The predicted octanol–water partition coefficient (Wildman–Crippen LogP) is 4.10. The summed E-state index contributed by atoms with van der Waals surface area (Å²) < 4.78 is -0.286. The first-order valence-electron chi connectivity index (χ1n) is 6.50. The van der Waals surface area contributed by atoms with Crippen molar-refractivity contribution in [3.63, 3.8) is 0 Å². The van der Waals surface area contributed by atoms with Crippen LogP contribution in [0.3, 0.4) is 0 Å². The fourth-order valence-corrected chi connectivity index (χ4v) is 2.52. The Kier molecular flexibility index (Phi) is 4.09. The molecular formula is C17H20N2S. The molecule has 0 radical (unpaired) electrons. The molecule has 0 aliphatic heterocycles. The Morgan fingerprint density at radius 2 is 1.45 bits per heavy atom. The van der Waals surface area contributed by atoms with Gasteiger partial charge in [-0.3, -0.25) is 0 Å². The van der Waals surface area contributed by atoms with E-state index in [1.807, 2.05) is 48.5 Å². The van der Waals surface area contributed by atoms with E-state index < -0.39 is 0 Å². The molecule has 0 saturated carbocycles. The third-order valence-corrected chi connectivity index (χ3v) is 3.83. The molecule has 1 atom stereocenters. The number of allylic oxidation sites excluding steroid dienone is 1. The quantitative estimate of drug-likeness (QED) is 0.585. The molecule has 0 aromatic heterocycles. The summed E-state index contributed by atoms with van der Waals surface area (Å²) in [7, 11) is 0. The van der Waals surface area contributed by atoms with Crippen LogP contribution in [0.2, 0.25) is 0 Å². The predicted molar refractivity (Wildman–Crippen MR) is 91.7 cm³/mol. The van der Waals surface area contributed by atoms with E-state index in [1.165, 1.54) is 0 Å². The van der Waals surface area contributed by atoms with E-state index in [4.69, 9.17) is 24.1 Å². The van der Waals surface area contributed by atoms with Gasteiger partial charge in [-0.15, -0.1) is 0 Å². The summed E-state index contributed by atoms with van der Waals surface area (Å²) in [6.45, 7) is 6.26. The van der Waals surface area contributed by atoms with Gasteiger partial charge in [-0.25, -0.2) is 0 Å². The van der Waals surface area contributed by atoms with Crippen molar-refractivity contribution in [2.75, 3.05) is 11.5 Å². The molecule has 0 bridgehead atoms. The van der Waals surface area contributed by atoms with Gasteiger partial charge in [-0.05, 0) is 54.3 Å². The van der Waals surface area contributed by atoms with Gasteiger partial charge in [-0.1, -0.05) is 30.8 Å². The molecule has 1 unspecified atom stereocenters. The SMILES string of the molecule is C=C(CC(C)(S)c1ccc(N)cc1)c1ccc(N)cc1. The van der Waals surface area contributed by atoms with Crippen molar-refractivity contribution < 1.29 is 0 Å². The zero-order valence-electron chi connectivity index (χ0n) is 11.6. The number of anilines is 2. The third kappa shape index (κ3) is 3.36. The second-order valence-corrected chi connectivity index (χ2v) is 6.29. The van der Waals surface area contributed by atoms with Gasteiger partial charge in [0.2, 0.25) is 0 Å². The Morgan fingerprint density at radius 3 is 1.95 bits per heavy atom. The number of nitrogen functional groups attached to an aromatic ring is 2. The maximum Gasteiger partial charge on any atom is 0.0390 e. The Labute approximate surface area is 125 Å². The van der Waals surface area contributed by atoms with Crippen LogP contribution in [0.5, 0.6) is 0 Å². The summed E-state index contributed by atoms with van der Waals surface area (Å²) in [5.41, 5.74) is 16.2. The van der Waals surface area contributed by atoms with Crippen molar-refractivity contribution in [1.29, 1.82) is 0 Å². The van der Waals surface area contributed by atoms with E-state index in [9.17, 15) is 0 Å². The molecule has 0 aliphatic carbocycles. The largest absolute Gasteiger partial charge is 0.399 e. The van der Waals surface area contributed by atoms with Crippen molar-refractivity contribution in [1.82, 2.24) is 0 Å². The number of nitrogens with two attached hydrogens (primary N) is 2. The van der Waals surface area contributed by atoms with E-state index in [0.717, 1.165) is 34.5 Å². The van der Waals surface area contributed by atoms with Crippen LogP contribution in [-0.4, -0.2) is 0 Å². The molecule has 0 amide bonds. The lowest BCUT2D eigenvalue weighted by Gasteiger charge is -2.25. The lowest BCUT2D eigenvalue weighted by Crippen LogP contribution is -2.14. The molecule has 20 heavy (non-hydrogen) atoms. The average molecular weight is 284 g/mol. The summed E-state index contributed by atoms with van der Waals surface area (Å²) in [5.74, 6) is 0. The maximum atomic E-state index is 5.72. The number of hydrogen-bond donors (Lipinski definition) is 3. The van der Waals surface area contributed by atoms with Gasteiger partial charge in [0.25, 0.3) is 0 Å². The van der Waals surface area contributed by atoms with E-state index >= 15 is 0 Å². The molecule has 2 aromatic rings. The Morgan fingerprint density at radius 1 is 1.00 bits per heavy atom. The number of rotatable bonds is 4. The van der Waals surface area contributed by atoms with E-state index in [0.29, 0.717) is 0 Å². The molecule has 0 spiro atoms. The average Bonchev–Trinajstić information content (AvgIpc) is 2.39. The smallest absolute Gasteiger partial charge is 0.0390 e. The Bertz CT molecular complexity index is 598. The van der Waals surface area contributed by atoms with E-state index in [2.05, 4.69) is 13.5 Å². The molecule has 0 fully saturated rings. The molecule has 2 nitrogen and oxygen atoms in total. The highest BCUT2D eigenvalue weighted by atomic mass is 32.1. The summed E-state index contributed by atoms with van der Waals surface area (Å²) in [5, 5.41) is 0. The highest BCUT2D eigenvalue weighted by Gasteiger charge is 2.23. The molecule has 0 aliphatic rings. The third-order valence-electron chi connectivity index (χ3n) is 3.41. The van der Waals surface area contributed by atoms with Gasteiger partial charge >= 0.3 is 0 Å². The minimum Gasteiger partial charge on any atom is -0.399 e. The molecular weight excluding hydrogens is 264 g/mol. The molecule has 0 saturated heterocycles. The van der Waals surface area contributed by atoms with Crippen LogP contribution >= 0.6 is 12.6 Å². The lowest BCUT2D eigenvalue weighted by atomic mass is 9.90. The van der Waals surface area contributed by atoms with E-state index in [-0.39, 0.29) is 4.75 Å². The van der Waals surface area contributed by atoms with Crippen LogP contribution in [0, 0.1) is 0 Å². The van der Waals surface area contributed by atoms with Crippen molar-refractivity contribution in [2.24, 2.45) is 0 Å². The Hall–Kier alpha value is -1.87. The number of thiol groups is 1. The molecule has 104 valence electrons. The monoisotopic (exact) mass is 284 g/mol. The maximum absolute atomic E-state index is 5.72. The van der Waals surface area contributed by atoms with Gasteiger partial charge in [0, 0.05) is 16.1 Å². The van der Waals surface area contributed by atoms with Crippen LogP contribution in [0.25, 0.3) is 5.57 Å². The lowest BCUT2D eigenvalue weighted by molar-refractivity contribution is 0.724. The van der Waals surface area contributed by atoms with E-state index in [1.54, 1.807) is 0 Å². The standard InChI is InChI=1S/C17H20N2S/c1-12(13-3-7-15(18)8-4-13)11-17(2,20)14-5-9-16(19)10-6-14/h3-10,20H,1,11,18-19H2,2H3. The van der Waals surface area contributed by atoms with Gasteiger partial charge in [0.1, 0.15) is 0 Å². The second-order valence-electron chi connectivity index (χ2n) is 5.30. The summed E-state index contributed by atoms with van der Waals surface area (Å²) in [4.78, 5) is 0. The zero-order valence-corrected chi connectivity index (χ0v) is 12.5. The molecule has 2 rings (SSSR count). The van der Waals surface area contributed by atoms with Gasteiger partial charge in [0.15, 0.2) is 0 Å². The minimum atomic E-state index is -0.286.